The highest BCUT2D eigenvalue weighted by molar-refractivity contribution is 5.59. The van der Waals surface area contributed by atoms with Gasteiger partial charge in [0.1, 0.15) is 5.75 Å². The summed E-state index contributed by atoms with van der Waals surface area (Å²) in [6.07, 6.45) is 5.35. The molecule has 0 aromatic heterocycles. The molecule has 1 aliphatic carbocycles. The molecule has 2 heteroatoms. The Morgan fingerprint density at radius 2 is 1.94 bits per heavy atom. The normalized spacial score (nSPS) is 16.4. The molecule has 1 fully saturated rings. The average molecular weight is 219 g/mol. The van der Waals surface area contributed by atoms with E-state index >= 15 is 0 Å². The molecule has 0 amide bonds. The molecule has 16 heavy (non-hydrogen) atoms. The minimum Gasteiger partial charge on any atom is -0.495 e. The second kappa shape index (κ2) is 4.77. The average Bonchev–Trinajstić information content (AvgIpc) is 2.81. The molecule has 0 bridgehead atoms. The molecule has 88 valence electrons. The van der Waals surface area contributed by atoms with E-state index in [1.165, 1.54) is 36.9 Å². The molecular formula is C14H21NO. The molecule has 0 radical (unpaired) electrons. The van der Waals surface area contributed by atoms with Crippen LogP contribution in [0.25, 0.3) is 0 Å². The van der Waals surface area contributed by atoms with Crippen LogP contribution in [0.5, 0.6) is 5.75 Å². The van der Waals surface area contributed by atoms with Gasteiger partial charge in [-0.1, -0.05) is 18.9 Å². The summed E-state index contributed by atoms with van der Waals surface area (Å²) in [7, 11) is 3.93. The summed E-state index contributed by atoms with van der Waals surface area (Å²) in [4.78, 5) is 2.38. The Morgan fingerprint density at radius 1 is 1.25 bits per heavy atom. The molecule has 0 saturated heterocycles. The first-order valence-electron chi connectivity index (χ1n) is 6.10. The molecule has 1 aliphatic rings. The van der Waals surface area contributed by atoms with Gasteiger partial charge in [-0.15, -0.1) is 0 Å². The van der Waals surface area contributed by atoms with Gasteiger partial charge in [-0.2, -0.15) is 0 Å². The molecule has 1 saturated carbocycles. The summed E-state index contributed by atoms with van der Waals surface area (Å²) < 4.78 is 5.47. The number of benzene rings is 1. The quantitative estimate of drug-likeness (QED) is 0.772. The molecule has 0 aliphatic heterocycles. The van der Waals surface area contributed by atoms with Crippen LogP contribution in [0.15, 0.2) is 18.2 Å². The van der Waals surface area contributed by atoms with Gasteiger partial charge in [-0.25, -0.2) is 0 Å². The Bertz CT molecular complexity index is 356. The fourth-order valence-corrected chi connectivity index (χ4v) is 2.56. The van der Waals surface area contributed by atoms with E-state index in [1.54, 1.807) is 7.11 Å². The number of hydrogen-bond acceptors (Lipinski definition) is 2. The van der Waals surface area contributed by atoms with Gasteiger partial charge in [0.25, 0.3) is 0 Å². The number of methoxy groups -OCH3 is 1. The highest BCUT2D eigenvalue weighted by Gasteiger charge is 2.21. The van der Waals surface area contributed by atoms with Crippen molar-refractivity contribution in [1.29, 1.82) is 0 Å². The van der Waals surface area contributed by atoms with Crippen molar-refractivity contribution in [1.82, 2.24) is 0 Å². The van der Waals surface area contributed by atoms with Crippen LogP contribution in [-0.2, 0) is 0 Å². The predicted molar refractivity (Wildman–Crippen MR) is 68.4 cm³/mol. The minimum absolute atomic E-state index is 0.691. The summed E-state index contributed by atoms with van der Waals surface area (Å²) in [6.45, 7) is 2.10. The Hall–Kier alpha value is -1.18. The number of rotatable bonds is 3. The highest BCUT2D eigenvalue weighted by atomic mass is 16.5. The first kappa shape index (κ1) is 11.3. The van der Waals surface area contributed by atoms with Gasteiger partial charge in [0.2, 0.25) is 0 Å². The molecule has 0 N–H and O–H groups in total. The lowest BCUT2D eigenvalue weighted by atomic mass is 10.1. The fraction of sp³-hybridized carbons (Fsp3) is 0.571. The minimum atomic E-state index is 0.691. The molecule has 1 aromatic rings. The summed E-state index contributed by atoms with van der Waals surface area (Å²) in [5.41, 5.74) is 2.47. The maximum absolute atomic E-state index is 5.47. The van der Waals surface area contributed by atoms with Gasteiger partial charge in [0.05, 0.1) is 12.8 Å². The Balaban J connectivity index is 2.24. The zero-order chi connectivity index (χ0) is 11.5. The lowest BCUT2D eigenvalue weighted by Gasteiger charge is -2.28. The summed E-state index contributed by atoms with van der Waals surface area (Å²) in [6, 6.07) is 7.13. The van der Waals surface area contributed by atoms with Crippen LogP contribution in [-0.4, -0.2) is 20.2 Å². The topological polar surface area (TPSA) is 12.5 Å². The van der Waals surface area contributed by atoms with Crippen LogP contribution < -0.4 is 9.64 Å². The Kier molecular flexibility index (Phi) is 3.37. The summed E-state index contributed by atoms with van der Waals surface area (Å²) in [5, 5.41) is 0. The van der Waals surface area contributed by atoms with E-state index < -0.39 is 0 Å². The van der Waals surface area contributed by atoms with Crippen LogP contribution in [0, 0.1) is 6.92 Å². The van der Waals surface area contributed by atoms with E-state index in [0.717, 1.165) is 5.75 Å². The van der Waals surface area contributed by atoms with Gasteiger partial charge in [0.15, 0.2) is 0 Å². The highest BCUT2D eigenvalue weighted by Crippen LogP contribution is 2.33. The van der Waals surface area contributed by atoms with Crippen molar-refractivity contribution >= 4 is 5.69 Å². The van der Waals surface area contributed by atoms with Crippen molar-refractivity contribution < 1.29 is 4.74 Å². The lowest BCUT2D eigenvalue weighted by molar-refractivity contribution is 0.413. The maximum Gasteiger partial charge on any atom is 0.142 e. The zero-order valence-corrected chi connectivity index (χ0v) is 10.5. The third kappa shape index (κ3) is 2.16. The maximum atomic E-state index is 5.47. The van der Waals surface area contributed by atoms with Gasteiger partial charge in [-0.05, 0) is 37.5 Å². The molecular weight excluding hydrogens is 198 g/mol. The van der Waals surface area contributed by atoms with Crippen LogP contribution in [0.2, 0.25) is 0 Å². The van der Waals surface area contributed by atoms with Gasteiger partial charge >= 0.3 is 0 Å². The Morgan fingerprint density at radius 3 is 2.56 bits per heavy atom. The van der Waals surface area contributed by atoms with E-state index in [9.17, 15) is 0 Å². The second-order valence-electron chi connectivity index (χ2n) is 4.72. The van der Waals surface area contributed by atoms with E-state index in [1.807, 2.05) is 0 Å². The molecule has 0 atom stereocenters. The van der Waals surface area contributed by atoms with Crippen molar-refractivity contribution in [2.24, 2.45) is 0 Å². The number of hydrogen-bond donors (Lipinski definition) is 0. The molecule has 1 aromatic carbocycles. The van der Waals surface area contributed by atoms with E-state index in [-0.39, 0.29) is 0 Å². The SMILES string of the molecule is COc1cc(C)ccc1N(C)C1CCCC1. The van der Waals surface area contributed by atoms with Crippen LogP contribution >= 0.6 is 0 Å². The molecule has 0 spiro atoms. The number of ether oxygens (including phenoxy) is 1. The van der Waals surface area contributed by atoms with Crippen molar-refractivity contribution in [3.05, 3.63) is 23.8 Å². The molecule has 0 unspecified atom stereocenters. The molecule has 0 heterocycles. The number of anilines is 1. The predicted octanol–water partition coefficient (Wildman–Crippen LogP) is 3.38. The van der Waals surface area contributed by atoms with E-state index in [4.69, 9.17) is 4.74 Å². The van der Waals surface area contributed by atoms with Gasteiger partial charge in [0, 0.05) is 13.1 Å². The first-order valence-corrected chi connectivity index (χ1v) is 6.10. The standard InChI is InChI=1S/C14H21NO/c1-11-8-9-13(14(10-11)16-3)15(2)12-6-4-5-7-12/h8-10,12H,4-7H2,1-3H3. The van der Waals surface area contributed by atoms with Crippen molar-refractivity contribution in [3.63, 3.8) is 0 Å². The number of aryl methyl sites for hydroxylation is 1. The van der Waals surface area contributed by atoms with E-state index in [2.05, 4.69) is 37.1 Å². The van der Waals surface area contributed by atoms with Crippen LogP contribution in [0.1, 0.15) is 31.2 Å². The van der Waals surface area contributed by atoms with Crippen LogP contribution in [0.4, 0.5) is 5.69 Å². The zero-order valence-electron chi connectivity index (χ0n) is 10.5. The lowest BCUT2D eigenvalue weighted by Crippen LogP contribution is -2.29. The van der Waals surface area contributed by atoms with Gasteiger partial charge < -0.3 is 9.64 Å². The fourth-order valence-electron chi connectivity index (χ4n) is 2.56. The smallest absolute Gasteiger partial charge is 0.142 e. The number of nitrogens with zero attached hydrogens (tertiary/aromatic N) is 1. The van der Waals surface area contributed by atoms with Crippen molar-refractivity contribution in [3.8, 4) is 5.75 Å². The first-order chi connectivity index (χ1) is 7.72. The van der Waals surface area contributed by atoms with Crippen molar-refractivity contribution in [2.75, 3.05) is 19.1 Å². The van der Waals surface area contributed by atoms with Crippen molar-refractivity contribution in [2.45, 2.75) is 38.6 Å². The summed E-state index contributed by atoms with van der Waals surface area (Å²) >= 11 is 0. The molecule has 2 rings (SSSR count). The largest absolute Gasteiger partial charge is 0.495 e. The third-order valence-corrected chi connectivity index (χ3v) is 3.59. The third-order valence-electron chi connectivity index (χ3n) is 3.59. The Labute approximate surface area is 98.2 Å². The van der Waals surface area contributed by atoms with Gasteiger partial charge in [-0.3, -0.25) is 0 Å². The van der Waals surface area contributed by atoms with Crippen LogP contribution in [0.3, 0.4) is 0 Å². The second-order valence-corrected chi connectivity index (χ2v) is 4.72. The summed E-state index contributed by atoms with van der Waals surface area (Å²) in [5.74, 6) is 0.995. The molecule has 2 nitrogen and oxygen atoms in total. The monoisotopic (exact) mass is 219 g/mol. The van der Waals surface area contributed by atoms with E-state index in [0.29, 0.717) is 6.04 Å².